The predicted octanol–water partition coefficient (Wildman–Crippen LogP) is 2.54. The molecular formula is C23H27ClN4O5. The lowest BCUT2D eigenvalue weighted by molar-refractivity contribution is -0.150. The molecule has 1 N–H and O–H groups in total. The molecule has 3 atom stereocenters. The van der Waals surface area contributed by atoms with Crippen molar-refractivity contribution >= 4 is 35.2 Å². The number of hydrogen-bond donors (Lipinski definition) is 1. The van der Waals surface area contributed by atoms with Gasteiger partial charge in [0.1, 0.15) is 17.5 Å². The van der Waals surface area contributed by atoms with Crippen molar-refractivity contribution in [3.05, 3.63) is 40.5 Å². The molecule has 10 heteroatoms. The summed E-state index contributed by atoms with van der Waals surface area (Å²) in [5.41, 5.74) is 1.45. The van der Waals surface area contributed by atoms with Crippen molar-refractivity contribution in [1.29, 1.82) is 0 Å². The van der Waals surface area contributed by atoms with Gasteiger partial charge in [-0.2, -0.15) is 4.98 Å². The molecule has 1 fully saturated rings. The Hall–Kier alpha value is -2.91. The van der Waals surface area contributed by atoms with E-state index in [1.54, 1.807) is 25.3 Å². The Morgan fingerprint density at radius 3 is 2.79 bits per heavy atom. The van der Waals surface area contributed by atoms with Crippen molar-refractivity contribution in [2.75, 3.05) is 37.2 Å². The fourth-order valence-electron chi connectivity index (χ4n) is 4.58. The first-order valence-corrected chi connectivity index (χ1v) is 11.2. The van der Waals surface area contributed by atoms with Crippen LogP contribution in [-0.2, 0) is 20.9 Å². The number of anilines is 2. The SMILES string of the molecule is COC(=O)C1C(=O)N(Cc2ccc(OC)c(Cl)c2)c2nc(N3CCC[C@H]3CO)ncc2C1C. The highest BCUT2D eigenvalue weighted by Gasteiger charge is 2.45. The van der Waals surface area contributed by atoms with Gasteiger partial charge in [0.25, 0.3) is 0 Å². The van der Waals surface area contributed by atoms with E-state index in [9.17, 15) is 14.7 Å². The van der Waals surface area contributed by atoms with E-state index in [2.05, 4.69) is 4.98 Å². The Kier molecular flexibility index (Phi) is 6.71. The Labute approximate surface area is 197 Å². The van der Waals surface area contributed by atoms with Crippen molar-refractivity contribution in [2.24, 2.45) is 5.92 Å². The number of carbonyl (C=O) groups is 2. The van der Waals surface area contributed by atoms with Crippen molar-refractivity contribution < 1.29 is 24.2 Å². The molecule has 4 rings (SSSR count). The van der Waals surface area contributed by atoms with Crippen LogP contribution < -0.4 is 14.5 Å². The Bertz CT molecular complexity index is 1070. The molecule has 33 heavy (non-hydrogen) atoms. The number of carbonyl (C=O) groups excluding carboxylic acids is 2. The molecule has 2 aromatic rings. The largest absolute Gasteiger partial charge is 0.495 e. The van der Waals surface area contributed by atoms with Gasteiger partial charge in [-0.25, -0.2) is 4.98 Å². The highest BCUT2D eigenvalue weighted by Crippen LogP contribution is 2.40. The second-order valence-corrected chi connectivity index (χ2v) is 8.71. The van der Waals surface area contributed by atoms with Gasteiger partial charge in [-0.15, -0.1) is 0 Å². The molecule has 9 nitrogen and oxygen atoms in total. The van der Waals surface area contributed by atoms with Crippen LogP contribution in [0.4, 0.5) is 11.8 Å². The molecule has 0 bridgehead atoms. The number of aromatic nitrogens is 2. The average molecular weight is 475 g/mol. The number of ether oxygens (including phenoxy) is 2. The highest BCUT2D eigenvalue weighted by molar-refractivity contribution is 6.32. The number of aliphatic hydroxyl groups excluding tert-OH is 1. The molecule has 2 aliphatic rings. The zero-order chi connectivity index (χ0) is 23.7. The lowest BCUT2D eigenvalue weighted by Gasteiger charge is -2.36. The maximum absolute atomic E-state index is 13.5. The lowest BCUT2D eigenvalue weighted by atomic mass is 9.83. The van der Waals surface area contributed by atoms with E-state index < -0.39 is 23.7 Å². The number of halogens is 1. The number of nitrogens with zero attached hydrogens (tertiary/aromatic N) is 4. The van der Waals surface area contributed by atoms with Gasteiger partial charge in [-0.05, 0) is 30.5 Å². The number of methoxy groups -OCH3 is 2. The lowest BCUT2D eigenvalue weighted by Crippen LogP contribution is -2.47. The number of fused-ring (bicyclic) bond motifs is 1. The molecule has 0 aliphatic carbocycles. The van der Waals surface area contributed by atoms with Gasteiger partial charge in [0, 0.05) is 24.2 Å². The second-order valence-electron chi connectivity index (χ2n) is 8.30. The van der Waals surface area contributed by atoms with Crippen LogP contribution in [0.2, 0.25) is 5.02 Å². The van der Waals surface area contributed by atoms with E-state index in [1.807, 2.05) is 11.0 Å². The Morgan fingerprint density at radius 2 is 2.12 bits per heavy atom. The van der Waals surface area contributed by atoms with Crippen LogP contribution in [-0.4, -0.2) is 60.4 Å². The highest BCUT2D eigenvalue weighted by atomic mass is 35.5. The summed E-state index contributed by atoms with van der Waals surface area (Å²) in [5, 5.41) is 10.1. The number of aliphatic hydroxyl groups is 1. The molecule has 1 aromatic heterocycles. The van der Waals surface area contributed by atoms with Crippen molar-refractivity contribution in [3.63, 3.8) is 0 Å². The molecule has 1 saturated heterocycles. The molecule has 0 radical (unpaired) electrons. The monoisotopic (exact) mass is 474 g/mol. The molecule has 3 heterocycles. The molecule has 1 aromatic carbocycles. The quantitative estimate of drug-likeness (QED) is 0.503. The second kappa shape index (κ2) is 9.52. The molecule has 2 unspecified atom stereocenters. The molecular weight excluding hydrogens is 448 g/mol. The van der Waals surface area contributed by atoms with E-state index >= 15 is 0 Å². The first-order chi connectivity index (χ1) is 15.9. The topological polar surface area (TPSA) is 105 Å². The summed E-state index contributed by atoms with van der Waals surface area (Å²) in [5.74, 6) is -0.994. The van der Waals surface area contributed by atoms with Gasteiger partial charge in [0.05, 0.1) is 38.4 Å². The minimum atomic E-state index is -0.998. The van der Waals surface area contributed by atoms with Crippen LogP contribution in [0.15, 0.2) is 24.4 Å². The minimum absolute atomic E-state index is 0.00819. The Balaban J connectivity index is 1.77. The normalized spacial score (nSPS) is 22.3. The van der Waals surface area contributed by atoms with Crippen molar-refractivity contribution in [2.45, 2.75) is 38.3 Å². The summed E-state index contributed by atoms with van der Waals surface area (Å²) in [6.45, 7) is 2.70. The first kappa shape index (κ1) is 23.3. The Morgan fingerprint density at radius 1 is 1.33 bits per heavy atom. The number of hydrogen-bond acceptors (Lipinski definition) is 8. The van der Waals surface area contributed by atoms with Crippen LogP contribution in [0.3, 0.4) is 0 Å². The first-order valence-electron chi connectivity index (χ1n) is 10.9. The molecule has 1 amide bonds. The smallest absolute Gasteiger partial charge is 0.318 e. The third-order valence-electron chi connectivity index (χ3n) is 6.42. The van der Waals surface area contributed by atoms with E-state index in [0.29, 0.717) is 28.1 Å². The third-order valence-corrected chi connectivity index (χ3v) is 6.71. The minimum Gasteiger partial charge on any atom is -0.495 e. The summed E-state index contributed by atoms with van der Waals surface area (Å²) in [7, 11) is 2.80. The fourth-order valence-corrected chi connectivity index (χ4v) is 4.86. The number of rotatable bonds is 6. The van der Waals surface area contributed by atoms with Gasteiger partial charge in [-0.1, -0.05) is 24.6 Å². The molecule has 176 valence electrons. The third kappa shape index (κ3) is 4.22. The van der Waals surface area contributed by atoms with E-state index in [1.165, 1.54) is 19.1 Å². The average Bonchev–Trinajstić information content (AvgIpc) is 3.30. The predicted molar refractivity (Wildman–Crippen MR) is 123 cm³/mol. The van der Waals surface area contributed by atoms with Crippen LogP contribution >= 0.6 is 11.6 Å². The zero-order valence-electron chi connectivity index (χ0n) is 18.8. The van der Waals surface area contributed by atoms with Gasteiger partial charge < -0.3 is 19.5 Å². The summed E-state index contributed by atoms with van der Waals surface area (Å²) in [4.78, 5) is 38.7. The summed E-state index contributed by atoms with van der Waals surface area (Å²) in [6, 6.07) is 5.21. The number of esters is 1. The van der Waals surface area contributed by atoms with Crippen LogP contribution in [0.1, 0.15) is 36.8 Å². The van der Waals surface area contributed by atoms with E-state index in [4.69, 9.17) is 26.1 Å². The zero-order valence-corrected chi connectivity index (χ0v) is 19.6. The van der Waals surface area contributed by atoms with Gasteiger partial charge in [0.2, 0.25) is 11.9 Å². The van der Waals surface area contributed by atoms with Crippen molar-refractivity contribution in [3.8, 4) is 5.75 Å². The maximum atomic E-state index is 13.5. The van der Waals surface area contributed by atoms with Crippen LogP contribution in [0.5, 0.6) is 5.75 Å². The van der Waals surface area contributed by atoms with Crippen LogP contribution in [0, 0.1) is 5.92 Å². The summed E-state index contributed by atoms with van der Waals surface area (Å²) >= 11 is 6.29. The molecule has 2 aliphatic heterocycles. The summed E-state index contributed by atoms with van der Waals surface area (Å²) < 4.78 is 10.1. The van der Waals surface area contributed by atoms with Gasteiger partial charge in [-0.3, -0.25) is 14.5 Å². The molecule has 0 saturated carbocycles. The molecule has 0 spiro atoms. The van der Waals surface area contributed by atoms with E-state index in [0.717, 1.165) is 24.9 Å². The number of benzene rings is 1. The standard InChI is InChI=1S/C23H27ClN4O5/c1-13-16-10-25-23(27-8-4-5-15(27)12-29)26-20(16)28(21(30)19(13)22(31)33-3)11-14-6-7-18(32-2)17(24)9-14/h6-7,9-10,13,15,19,29H,4-5,8,11-12H2,1-3H3/t13?,15-,19?/m0/s1. The van der Waals surface area contributed by atoms with Crippen LogP contribution in [0.25, 0.3) is 0 Å². The maximum Gasteiger partial charge on any atom is 0.318 e. The van der Waals surface area contributed by atoms with Gasteiger partial charge in [0.15, 0.2) is 0 Å². The van der Waals surface area contributed by atoms with Gasteiger partial charge >= 0.3 is 5.97 Å². The van der Waals surface area contributed by atoms with Crippen molar-refractivity contribution in [1.82, 2.24) is 9.97 Å². The fraction of sp³-hybridized carbons (Fsp3) is 0.478. The summed E-state index contributed by atoms with van der Waals surface area (Å²) in [6.07, 6.45) is 3.45. The van der Waals surface area contributed by atoms with E-state index in [-0.39, 0.29) is 19.2 Å². The number of amides is 1.